The quantitative estimate of drug-likeness (QED) is 0.347. The molecule has 0 spiro atoms. The molecule has 7 nitrogen and oxygen atoms in total. The van der Waals surface area contributed by atoms with Crippen molar-refractivity contribution in [1.29, 1.82) is 0 Å². The molecule has 0 aliphatic heterocycles. The van der Waals surface area contributed by atoms with Crippen molar-refractivity contribution in [2.45, 2.75) is 48.8 Å². The number of benzene rings is 3. The number of anilines is 2. The van der Waals surface area contributed by atoms with Crippen LogP contribution in [0.1, 0.15) is 44.1 Å². The van der Waals surface area contributed by atoms with Crippen molar-refractivity contribution in [2.24, 2.45) is 17.8 Å². The number of hydrogen-bond acceptors (Lipinski definition) is 5. The van der Waals surface area contributed by atoms with Gasteiger partial charge in [-0.1, -0.05) is 30.3 Å². The largest absolute Gasteiger partial charge is 0.497 e. The van der Waals surface area contributed by atoms with E-state index in [2.05, 4.69) is 17.4 Å². The number of rotatable bonds is 9. The summed E-state index contributed by atoms with van der Waals surface area (Å²) < 4.78 is 39.5. The van der Waals surface area contributed by atoms with Crippen LogP contribution in [0.25, 0.3) is 0 Å². The van der Waals surface area contributed by atoms with Crippen LogP contribution in [-0.4, -0.2) is 35.1 Å². The van der Waals surface area contributed by atoms with Crippen molar-refractivity contribution < 1.29 is 22.7 Å². The zero-order chi connectivity index (χ0) is 27.9. The molecule has 1 amide bonds. The van der Waals surface area contributed by atoms with Crippen molar-refractivity contribution >= 4 is 27.3 Å². The molecule has 4 aliphatic carbocycles. The van der Waals surface area contributed by atoms with Crippen LogP contribution in [0.15, 0.2) is 77.7 Å². The first-order valence-corrected chi connectivity index (χ1v) is 15.4. The lowest BCUT2D eigenvalue weighted by atomic mass is 9.48. The van der Waals surface area contributed by atoms with Crippen LogP contribution < -0.4 is 19.1 Å². The Hall–Kier alpha value is -3.52. The molecule has 4 saturated carbocycles. The van der Waals surface area contributed by atoms with Gasteiger partial charge in [0.1, 0.15) is 18.0 Å². The predicted molar refractivity (Wildman–Crippen MR) is 155 cm³/mol. The van der Waals surface area contributed by atoms with Gasteiger partial charge in [-0.15, -0.1) is 0 Å². The van der Waals surface area contributed by atoms with Gasteiger partial charge in [0, 0.05) is 11.8 Å². The number of nitrogens with one attached hydrogen (secondary N) is 1. The third-order valence-corrected chi connectivity index (χ3v) is 10.9. The molecular formula is C32H36N2O5S. The van der Waals surface area contributed by atoms with E-state index in [1.165, 1.54) is 70.4 Å². The molecule has 40 heavy (non-hydrogen) atoms. The molecule has 0 heterocycles. The molecule has 4 bridgehead atoms. The minimum Gasteiger partial charge on any atom is -0.497 e. The number of methoxy groups -OCH3 is 2. The van der Waals surface area contributed by atoms with E-state index < -0.39 is 22.5 Å². The van der Waals surface area contributed by atoms with E-state index in [1.54, 1.807) is 36.4 Å². The van der Waals surface area contributed by atoms with Gasteiger partial charge in [-0.05, 0) is 104 Å². The summed E-state index contributed by atoms with van der Waals surface area (Å²) in [7, 11) is -1.13. The van der Waals surface area contributed by atoms with E-state index in [-0.39, 0.29) is 16.0 Å². The first-order chi connectivity index (χ1) is 19.3. The fourth-order valence-corrected chi connectivity index (χ4v) is 9.16. The van der Waals surface area contributed by atoms with Gasteiger partial charge in [-0.25, -0.2) is 8.42 Å². The second kappa shape index (κ2) is 10.5. The minimum absolute atomic E-state index is 0.0765. The second-order valence-corrected chi connectivity index (χ2v) is 13.5. The number of hydrogen-bond donors (Lipinski definition) is 1. The summed E-state index contributed by atoms with van der Waals surface area (Å²) in [4.78, 5) is 13.4. The Bertz CT molecular complexity index is 1450. The highest BCUT2D eigenvalue weighted by atomic mass is 32.2. The van der Waals surface area contributed by atoms with Gasteiger partial charge in [0.25, 0.3) is 10.0 Å². The van der Waals surface area contributed by atoms with Gasteiger partial charge in [0.15, 0.2) is 0 Å². The van der Waals surface area contributed by atoms with Gasteiger partial charge < -0.3 is 14.8 Å². The van der Waals surface area contributed by atoms with Crippen LogP contribution in [-0.2, 0) is 20.2 Å². The number of carbonyl (C=O) groups is 1. The summed E-state index contributed by atoms with van der Waals surface area (Å²) in [5.74, 6) is 2.88. The Kier molecular flexibility index (Phi) is 6.98. The standard InChI is InChI=1S/C32H36N2O5S/c1-38-27-12-13-30(39-2)29(17-27)34(40(36,37)28-6-4-3-5-7-28)21-31(35)33-26-10-8-25(9-11-26)32-18-22-14-23(19-32)16-24(15-22)20-32/h3-13,17,22-24H,14-16,18-21H2,1-2H3,(H,33,35). The lowest BCUT2D eigenvalue weighted by Crippen LogP contribution is -2.48. The normalized spacial score (nSPS) is 24.9. The fraction of sp³-hybridized carbons (Fsp3) is 0.406. The molecule has 3 aromatic carbocycles. The zero-order valence-electron chi connectivity index (χ0n) is 23.0. The molecule has 7 rings (SSSR count). The number of nitrogens with zero attached hydrogens (tertiary/aromatic N) is 1. The van der Waals surface area contributed by atoms with E-state index in [0.29, 0.717) is 17.2 Å². The molecular weight excluding hydrogens is 524 g/mol. The molecule has 1 N–H and O–H groups in total. The molecule has 210 valence electrons. The number of sulfonamides is 1. The summed E-state index contributed by atoms with van der Waals surface area (Å²) in [6, 6.07) is 21.2. The van der Waals surface area contributed by atoms with E-state index >= 15 is 0 Å². The van der Waals surface area contributed by atoms with E-state index in [0.717, 1.165) is 22.1 Å². The Morgan fingerprint density at radius 1 is 0.875 bits per heavy atom. The summed E-state index contributed by atoms with van der Waals surface area (Å²) in [6.07, 6.45) is 8.02. The van der Waals surface area contributed by atoms with Gasteiger partial charge in [-0.2, -0.15) is 0 Å². The average molecular weight is 561 g/mol. The van der Waals surface area contributed by atoms with E-state index in [4.69, 9.17) is 9.47 Å². The van der Waals surface area contributed by atoms with Crippen LogP contribution in [0.3, 0.4) is 0 Å². The second-order valence-electron chi connectivity index (χ2n) is 11.7. The molecule has 8 heteroatoms. The Morgan fingerprint density at radius 2 is 1.50 bits per heavy atom. The SMILES string of the molecule is COc1ccc(OC)c(N(CC(=O)Nc2ccc(C34CC5CC(CC(C5)C3)C4)cc2)S(=O)(=O)c2ccccc2)c1. The van der Waals surface area contributed by atoms with Crippen LogP contribution in [0.4, 0.5) is 11.4 Å². The summed E-state index contributed by atoms with van der Waals surface area (Å²) in [5.41, 5.74) is 2.52. The van der Waals surface area contributed by atoms with Crippen LogP contribution in [0.2, 0.25) is 0 Å². The highest BCUT2D eigenvalue weighted by Gasteiger charge is 2.51. The smallest absolute Gasteiger partial charge is 0.264 e. The maximum Gasteiger partial charge on any atom is 0.264 e. The molecule has 0 atom stereocenters. The number of ether oxygens (including phenoxy) is 2. The van der Waals surface area contributed by atoms with Gasteiger partial charge in [0.2, 0.25) is 5.91 Å². The van der Waals surface area contributed by atoms with Crippen LogP contribution in [0, 0.1) is 17.8 Å². The number of carbonyl (C=O) groups excluding carboxylic acids is 1. The Balaban J connectivity index is 1.25. The van der Waals surface area contributed by atoms with E-state index in [9.17, 15) is 13.2 Å². The third kappa shape index (κ3) is 4.94. The van der Waals surface area contributed by atoms with Crippen molar-refractivity contribution in [3.05, 3.63) is 78.4 Å². The molecule has 4 aliphatic rings. The first kappa shape index (κ1) is 26.7. The first-order valence-electron chi connectivity index (χ1n) is 14.0. The molecule has 0 unspecified atom stereocenters. The molecule has 0 saturated heterocycles. The minimum atomic E-state index is -4.09. The lowest BCUT2D eigenvalue weighted by Gasteiger charge is -2.57. The summed E-state index contributed by atoms with van der Waals surface area (Å²) >= 11 is 0. The Labute approximate surface area is 236 Å². The van der Waals surface area contributed by atoms with Gasteiger partial charge in [0.05, 0.1) is 24.8 Å². The van der Waals surface area contributed by atoms with Gasteiger partial charge in [-0.3, -0.25) is 9.10 Å². The van der Waals surface area contributed by atoms with Crippen molar-refractivity contribution in [3.8, 4) is 11.5 Å². The molecule has 3 aromatic rings. The number of amides is 1. The van der Waals surface area contributed by atoms with Crippen molar-refractivity contribution in [1.82, 2.24) is 0 Å². The maximum atomic E-state index is 13.8. The molecule has 4 fully saturated rings. The lowest BCUT2D eigenvalue weighted by molar-refractivity contribution is -0.114. The highest BCUT2D eigenvalue weighted by molar-refractivity contribution is 7.92. The third-order valence-electron chi connectivity index (χ3n) is 9.09. The summed E-state index contributed by atoms with van der Waals surface area (Å²) in [6.45, 7) is -0.433. The molecule has 0 radical (unpaired) electrons. The fourth-order valence-electron chi connectivity index (χ4n) is 7.71. The monoisotopic (exact) mass is 560 g/mol. The van der Waals surface area contributed by atoms with Crippen LogP contribution >= 0.6 is 0 Å². The van der Waals surface area contributed by atoms with Crippen molar-refractivity contribution in [3.63, 3.8) is 0 Å². The summed E-state index contributed by atoms with van der Waals surface area (Å²) in [5, 5.41) is 2.92. The predicted octanol–water partition coefficient (Wildman–Crippen LogP) is 6.01. The Morgan fingerprint density at radius 3 is 2.08 bits per heavy atom. The zero-order valence-corrected chi connectivity index (χ0v) is 23.8. The van der Waals surface area contributed by atoms with Gasteiger partial charge >= 0.3 is 0 Å². The van der Waals surface area contributed by atoms with E-state index in [1.807, 2.05) is 12.1 Å². The van der Waals surface area contributed by atoms with Crippen LogP contribution in [0.5, 0.6) is 11.5 Å². The highest BCUT2D eigenvalue weighted by Crippen LogP contribution is 2.60. The van der Waals surface area contributed by atoms with Crippen molar-refractivity contribution in [2.75, 3.05) is 30.4 Å². The topological polar surface area (TPSA) is 84.9 Å². The average Bonchev–Trinajstić information content (AvgIpc) is 2.95. The maximum absolute atomic E-state index is 13.8. The molecule has 0 aromatic heterocycles.